The number of carboxylic acid groups (broad SMARTS) is 1. The van der Waals surface area contributed by atoms with Crippen molar-refractivity contribution in [3.05, 3.63) is 103 Å². The van der Waals surface area contributed by atoms with Crippen LogP contribution in [0.1, 0.15) is 36.8 Å². The number of benzene rings is 2. The maximum absolute atomic E-state index is 15.7. The summed E-state index contributed by atoms with van der Waals surface area (Å²) in [6, 6.07) is 7.74. The summed E-state index contributed by atoms with van der Waals surface area (Å²) in [6.07, 6.45) is 2.63. The molecule has 4 heterocycles. The zero-order valence-corrected chi connectivity index (χ0v) is 22.9. The van der Waals surface area contributed by atoms with E-state index in [9.17, 15) is 24.3 Å². The van der Waals surface area contributed by atoms with E-state index in [1.165, 1.54) is 52.9 Å². The summed E-state index contributed by atoms with van der Waals surface area (Å²) >= 11 is 0. The number of furan rings is 1. The van der Waals surface area contributed by atoms with Gasteiger partial charge in [-0.25, -0.2) is 18.4 Å². The van der Waals surface area contributed by atoms with Gasteiger partial charge >= 0.3 is 11.7 Å². The summed E-state index contributed by atoms with van der Waals surface area (Å²) in [5, 5.41) is 10.7. The molecule has 0 unspecified atom stereocenters. The van der Waals surface area contributed by atoms with Crippen LogP contribution in [0.5, 0.6) is 0 Å². The standard InChI is InChI=1S/C30H24F2N4O6/c1-30(2,3)36-27(38)17-10-14(18(31)11-20(17)34(4)29(36)41)13-35-21-12-19(32)15-7-9-42-25(15)23(21)22(24(35)28(39)40)16-6-5-8-33-26(16)37/h5-12H,13H2,1-4H3,(H,33,37)(H,39,40). The van der Waals surface area contributed by atoms with Crippen LogP contribution in [0.25, 0.3) is 43.9 Å². The van der Waals surface area contributed by atoms with Crippen molar-refractivity contribution in [2.24, 2.45) is 7.05 Å². The number of H-pyrrole nitrogens is 1. The van der Waals surface area contributed by atoms with Crippen LogP contribution in [0, 0.1) is 11.6 Å². The Balaban J connectivity index is 1.72. The number of hydrogen-bond acceptors (Lipinski definition) is 5. The van der Waals surface area contributed by atoms with Crippen molar-refractivity contribution in [3.63, 3.8) is 0 Å². The highest BCUT2D eigenvalue weighted by molar-refractivity contribution is 6.17. The molecule has 0 saturated heterocycles. The number of fused-ring (bicyclic) bond motifs is 4. The third kappa shape index (κ3) is 3.82. The van der Waals surface area contributed by atoms with Gasteiger partial charge in [-0.1, -0.05) is 0 Å². The summed E-state index contributed by atoms with van der Waals surface area (Å²) in [6.45, 7) is 4.61. The van der Waals surface area contributed by atoms with Crippen molar-refractivity contribution in [2.75, 3.05) is 0 Å². The van der Waals surface area contributed by atoms with Crippen molar-refractivity contribution in [1.29, 1.82) is 0 Å². The molecule has 4 aromatic heterocycles. The van der Waals surface area contributed by atoms with Crippen LogP contribution in [-0.4, -0.2) is 29.8 Å². The number of aryl methyl sites for hydroxylation is 1. The van der Waals surface area contributed by atoms with Gasteiger partial charge in [-0.05, 0) is 57.2 Å². The number of pyridine rings is 1. The molecule has 42 heavy (non-hydrogen) atoms. The van der Waals surface area contributed by atoms with Gasteiger partial charge in [0.25, 0.3) is 11.1 Å². The normalized spacial score (nSPS) is 12.1. The number of aromatic nitrogens is 4. The first-order chi connectivity index (χ1) is 19.8. The van der Waals surface area contributed by atoms with Gasteiger partial charge in [-0.15, -0.1) is 0 Å². The second-order valence-corrected chi connectivity index (χ2v) is 11.1. The summed E-state index contributed by atoms with van der Waals surface area (Å²) in [7, 11) is 1.43. The average Bonchev–Trinajstić information content (AvgIpc) is 3.52. The number of nitrogens with one attached hydrogen (secondary N) is 1. The predicted octanol–water partition coefficient (Wildman–Crippen LogP) is 4.54. The van der Waals surface area contributed by atoms with Crippen molar-refractivity contribution in [2.45, 2.75) is 32.9 Å². The molecule has 2 N–H and O–H groups in total. The van der Waals surface area contributed by atoms with E-state index in [1.54, 1.807) is 20.8 Å². The number of carbonyl (C=O) groups is 1. The highest BCUT2D eigenvalue weighted by atomic mass is 19.1. The first-order valence-electron chi connectivity index (χ1n) is 12.9. The van der Waals surface area contributed by atoms with Crippen molar-refractivity contribution < 1.29 is 23.1 Å². The van der Waals surface area contributed by atoms with E-state index in [0.29, 0.717) is 0 Å². The van der Waals surface area contributed by atoms with E-state index in [1.807, 2.05) is 0 Å². The molecule has 2 aromatic carbocycles. The molecular formula is C30H24F2N4O6. The Bertz CT molecular complexity index is 2300. The Labute approximate surface area is 234 Å². The number of halogens is 2. The van der Waals surface area contributed by atoms with Crippen LogP contribution in [0.4, 0.5) is 8.78 Å². The first-order valence-corrected chi connectivity index (χ1v) is 12.9. The van der Waals surface area contributed by atoms with Crippen LogP contribution < -0.4 is 16.8 Å². The van der Waals surface area contributed by atoms with Crippen LogP contribution in [0.3, 0.4) is 0 Å². The molecule has 0 aliphatic heterocycles. The van der Waals surface area contributed by atoms with Crippen molar-refractivity contribution >= 4 is 38.7 Å². The smallest absolute Gasteiger partial charge is 0.353 e. The summed E-state index contributed by atoms with van der Waals surface area (Å²) in [4.78, 5) is 54.6. The fourth-order valence-electron chi connectivity index (χ4n) is 5.57. The predicted molar refractivity (Wildman–Crippen MR) is 152 cm³/mol. The number of aromatic amines is 1. The summed E-state index contributed by atoms with van der Waals surface area (Å²) in [5.74, 6) is -2.98. The van der Waals surface area contributed by atoms with Crippen molar-refractivity contribution in [3.8, 4) is 11.1 Å². The van der Waals surface area contributed by atoms with Gasteiger partial charge in [-0.3, -0.25) is 18.7 Å². The van der Waals surface area contributed by atoms with Crippen LogP contribution in [-0.2, 0) is 19.1 Å². The highest BCUT2D eigenvalue weighted by Crippen LogP contribution is 2.40. The minimum atomic E-state index is -1.46. The topological polar surface area (TPSA) is 132 Å². The zero-order chi connectivity index (χ0) is 30.2. The SMILES string of the molecule is Cn1c(=O)n(C(C)(C)C)c(=O)c2cc(Cn3c(C(=O)O)c(-c4ccc[nH]c4=O)c4c5occc5c(F)cc43)c(F)cc21. The van der Waals surface area contributed by atoms with E-state index < -0.39 is 52.2 Å². The Kier molecular flexibility index (Phi) is 5.85. The average molecular weight is 575 g/mol. The molecule has 10 nitrogen and oxygen atoms in total. The molecule has 6 rings (SSSR count). The van der Waals surface area contributed by atoms with E-state index in [4.69, 9.17) is 4.42 Å². The molecule has 214 valence electrons. The van der Waals surface area contributed by atoms with Gasteiger partial charge in [0.2, 0.25) is 0 Å². The number of nitrogens with zero attached hydrogens (tertiary/aromatic N) is 3. The van der Waals surface area contributed by atoms with Gasteiger partial charge in [0.05, 0.1) is 45.6 Å². The summed E-state index contributed by atoms with van der Waals surface area (Å²) in [5.41, 5.74) is -3.16. The van der Waals surface area contributed by atoms with Crippen LogP contribution in [0.2, 0.25) is 0 Å². The van der Waals surface area contributed by atoms with Gasteiger partial charge in [0.15, 0.2) is 0 Å². The van der Waals surface area contributed by atoms with Crippen molar-refractivity contribution in [1.82, 2.24) is 18.7 Å². The molecule has 0 aliphatic rings. The largest absolute Gasteiger partial charge is 0.477 e. The first kappa shape index (κ1) is 26.9. The van der Waals surface area contributed by atoms with E-state index >= 15 is 8.78 Å². The molecule has 0 aliphatic carbocycles. The molecule has 0 amide bonds. The third-order valence-electron chi connectivity index (χ3n) is 7.44. The lowest BCUT2D eigenvalue weighted by molar-refractivity contribution is 0.0687. The second kappa shape index (κ2) is 9.13. The number of carboxylic acids is 1. The maximum atomic E-state index is 15.7. The fraction of sp³-hybridized carbons (Fsp3) is 0.200. The maximum Gasteiger partial charge on any atom is 0.353 e. The zero-order valence-electron chi connectivity index (χ0n) is 22.9. The van der Waals surface area contributed by atoms with E-state index in [-0.39, 0.29) is 49.5 Å². The molecule has 0 atom stereocenters. The quantitative estimate of drug-likeness (QED) is 0.318. The molecule has 12 heteroatoms. The minimum absolute atomic E-state index is 0.00925. The summed E-state index contributed by atoms with van der Waals surface area (Å²) < 4.78 is 39.9. The molecule has 0 fully saturated rings. The molecule has 0 saturated carbocycles. The Morgan fingerprint density at radius 1 is 1.02 bits per heavy atom. The monoisotopic (exact) mass is 574 g/mol. The lowest BCUT2D eigenvalue weighted by Gasteiger charge is -2.23. The molecular weight excluding hydrogens is 550 g/mol. The Morgan fingerprint density at radius 2 is 1.74 bits per heavy atom. The van der Waals surface area contributed by atoms with E-state index in [2.05, 4.69) is 4.98 Å². The second-order valence-electron chi connectivity index (χ2n) is 11.1. The lowest BCUT2D eigenvalue weighted by atomic mass is 10.0. The van der Waals surface area contributed by atoms with Gasteiger partial charge in [0.1, 0.15) is 22.9 Å². The third-order valence-corrected chi connectivity index (χ3v) is 7.44. The van der Waals surface area contributed by atoms with Gasteiger partial charge < -0.3 is 19.1 Å². The van der Waals surface area contributed by atoms with Crippen LogP contribution in [0.15, 0.2) is 67.7 Å². The Hall–Kier alpha value is -5.26. The number of hydrogen-bond donors (Lipinski definition) is 2. The highest BCUT2D eigenvalue weighted by Gasteiger charge is 2.30. The van der Waals surface area contributed by atoms with E-state index in [0.717, 1.165) is 16.7 Å². The number of aromatic carboxylic acids is 1. The molecule has 0 radical (unpaired) electrons. The van der Waals surface area contributed by atoms with Crippen LogP contribution >= 0.6 is 0 Å². The number of rotatable bonds is 4. The fourth-order valence-corrected chi connectivity index (χ4v) is 5.57. The molecule has 0 bridgehead atoms. The van der Waals surface area contributed by atoms with Gasteiger partial charge in [0, 0.05) is 29.9 Å². The molecule has 0 spiro atoms. The van der Waals surface area contributed by atoms with Gasteiger partial charge in [-0.2, -0.15) is 0 Å². The Morgan fingerprint density at radius 3 is 2.40 bits per heavy atom. The minimum Gasteiger partial charge on any atom is -0.477 e. The molecule has 6 aromatic rings. The lowest BCUT2D eigenvalue weighted by Crippen LogP contribution is -2.47.